The van der Waals surface area contributed by atoms with E-state index in [4.69, 9.17) is 25.3 Å². The van der Waals surface area contributed by atoms with Crippen LogP contribution >= 0.6 is 47.8 Å². The van der Waals surface area contributed by atoms with E-state index in [1.807, 2.05) is 32.9 Å². The molecule has 2 aromatic heterocycles. The van der Waals surface area contributed by atoms with E-state index in [2.05, 4.69) is 108 Å². The highest BCUT2D eigenvalue weighted by Gasteiger charge is 2.16. The van der Waals surface area contributed by atoms with Crippen LogP contribution in [-0.4, -0.2) is 60.3 Å². The molecular weight excluding hydrogens is 759 g/mol. The fourth-order valence-corrected chi connectivity index (χ4v) is 5.87. The van der Waals surface area contributed by atoms with Gasteiger partial charge in [-0.05, 0) is 126 Å². The molecule has 1 aliphatic rings. The molecule has 0 bridgehead atoms. The van der Waals surface area contributed by atoms with Crippen molar-refractivity contribution in [3.8, 4) is 11.3 Å². The van der Waals surface area contributed by atoms with Crippen molar-refractivity contribution in [1.29, 1.82) is 0 Å². The predicted molar refractivity (Wildman–Crippen MR) is 187 cm³/mol. The Morgan fingerprint density at radius 3 is 1.45 bits per heavy atom. The highest BCUT2D eigenvalue weighted by molar-refractivity contribution is 9.11. The molecule has 1 aliphatic heterocycles. The number of rotatable bonds is 2. The summed E-state index contributed by atoms with van der Waals surface area (Å²) in [5, 5.41) is 30.1. The smallest absolute Gasteiger partial charge is 0.423 e. The molecule has 0 saturated carbocycles. The molecule has 1 saturated heterocycles. The Morgan fingerprint density at radius 2 is 1.14 bits per heavy atom. The van der Waals surface area contributed by atoms with Crippen LogP contribution in [0.15, 0.2) is 62.9 Å². The van der Waals surface area contributed by atoms with E-state index in [1.165, 1.54) is 35.1 Å². The number of halogens is 3. The maximum atomic E-state index is 9.03. The molecule has 44 heavy (non-hydrogen) atoms. The van der Waals surface area contributed by atoms with Crippen molar-refractivity contribution in [3.05, 3.63) is 96.2 Å². The first kappa shape index (κ1) is 39.9. The predicted octanol–water partition coefficient (Wildman–Crippen LogP) is 7.33. The largest absolute Gasteiger partial charge is 0.488 e. The second-order valence-corrected chi connectivity index (χ2v) is 12.6. The number of benzene rings is 2. The first-order valence-electron chi connectivity index (χ1n) is 13.7. The lowest BCUT2D eigenvalue weighted by atomic mass is 9.74. The molecule has 0 radical (unpaired) electrons. The Balaban J connectivity index is 0.000000305. The summed E-state index contributed by atoms with van der Waals surface area (Å²) in [5.41, 5.74) is 9.50. The second-order valence-electron chi connectivity index (χ2n) is 10.2. The molecule has 1 atom stereocenters. The summed E-state index contributed by atoms with van der Waals surface area (Å²) in [7, 11) is -1.36. The number of aromatic nitrogens is 4. The molecule has 1 unspecified atom stereocenters. The summed E-state index contributed by atoms with van der Waals surface area (Å²) in [5.74, 6) is 0. The SMILES string of the molecule is Brc1cncc(Br)n1.CC1CCCO1.Cc1cc(C)c(-c2cncc(Br)n2)c(C)c1.Cc1cc(C)c(B(O)O)c(C)c1.OO. The van der Waals surface area contributed by atoms with E-state index < -0.39 is 7.12 Å². The number of ether oxygens (including phenoxy) is 1. The van der Waals surface area contributed by atoms with Crippen molar-refractivity contribution in [1.82, 2.24) is 19.9 Å². The summed E-state index contributed by atoms with van der Waals surface area (Å²) < 4.78 is 7.41. The molecule has 0 amide bonds. The lowest BCUT2D eigenvalue weighted by Gasteiger charge is -2.10. The summed E-state index contributed by atoms with van der Waals surface area (Å²) in [6.07, 6.45) is 9.83. The number of nitrogens with zero attached hydrogens (tertiary/aromatic N) is 4. The molecule has 4 aromatic rings. The summed E-state index contributed by atoms with van der Waals surface area (Å²) >= 11 is 9.67. The molecule has 13 heteroatoms. The van der Waals surface area contributed by atoms with Gasteiger partial charge in [0.15, 0.2) is 0 Å². The number of hydrogen-bond acceptors (Lipinski definition) is 9. The minimum Gasteiger partial charge on any atom is -0.423 e. The monoisotopic (exact) mass is 796 g/mol. The lowest BCUT2D eigenvalue weighted by Crippen LogP contribution is -2.34. The Kier molecular flexibility index (Phi) is 18.9. The second kappa shape index (κ2) is 20.8. The van der Waals surface area contributed by atoms with Crippen LogP contribution in [0.5, 0.6) is 0 Å². The fraction of sp³-hybridized carbons (Fsp3) is 0.355. The van der Waals surface area contributed by atoms with Gasteiger partial charge < -0.3 is 14.8 Å². The van der Waals surface area contributed by atoms with Crippen LogP contribution in [-0.2, 0) is 4.74 Å². The average molecular weight is 799 g/mol. The average Bonchev–Trinajstić information content (AvgIpc) is 3.40. The molecule has 1 fully saturated rings. The zero-order valence-corrected chi connectivity index (χ0v) is 30.8. The number of hydrogen-bond donors (Lipinski definition) is 4. The van der Waals surface area contributed by atoms with Crippen LogP contribution < -0.4 is 5.46 Å². The fourth-order valence-electron chi connectivity index (χ4n) is 4.70. The molecular formula is C31H40BBr3N4O5. The van der Waals surface area contributed by atoms with Gasteiger partial charge in [-0.1, -0.05) is 46.5 Å². The molecule has 0 aliphatic carbocycles. The van der Waals surface area contributed by atoms with Crippen LogP contribution in [0, 0.1) is 41.5 Å². The molecule has 9 nitrogen and oxygen atoms in total. The Labute approximate surface area is 285 Å². The Bertz CT molecular complexity index is 1390. The standard InChI is InChI=1S/C13H13BrN2.C9H13BO2.C5H10O.C4H2Br2N2.H2O2/c1-8-4-9(2)13(10(3)5-8)11-6-15-7-12(14)16-11;1-6-4-7(2)9(10(11)12)8(3)5-6;1-5-3-2-4-6-5;5-3-1-7-2-4(6)8-3;1-2/h4-7H,1-3H3;4-5,11-12H,1-3H3;5H,2-4H2,1H3;1-2H;1-2H. The quantitative estimate of drug-likeness (QED) is 0.0933. The third-order valence-corrected chi connectivity index (χ3v) is 7.41. The third-order valence-electron chi connectivity index (χ3n) is 6.27. The highest BCUT2D eigenvalue weighted by Crippen LogP contribution is 2.27. The molecule has 5 rings (SSSR count). The van der Waals surface area contributed by atoms with Gasteiger partial charge >= 0.3 is 7.12 Å². The topological polar surface area (TPSA) is 142 Å². The van der Waals surface area contributed by atoms with E-state index in [-0.39, 0.29) is 0 Å². The van der Waals surface area contributed by atoms with E-state index >= 15 is 0 Å². The molecule has 0 spiro atoms. The van der Waals surface area contributed by atoms with Gasteiger partial charge in [0.05, 0.1) is 36.6 Å². The lowest BCUT2D eigenvalue weighted by molar-refractivity contribution is -0.176. The van der Waals surface area contributed by atoms with Gasteiger partial charge in [-0.3, -0.25) is 20.5 Å². The van der Waals surface area contributed by atoms with Crippen molar-refractivity contribution >= 4 is 60.4 Å². The van der Waals surface area contributed by atoms with Gasteiger partial charge in [-0.15, -0.1) is 0 Å². The van der Waals surface area contributed by atoms with Crippen LogP contribution in [0.1, 0.15) is 53.1 Å². The summed E-state index contributed by atoms with van der Waals surface area (Å²) in [6.45, 7) is 15.2. The first-order valence-corrected chi connectivity index (χ1v) is 16.1. The van der Waals surface area contributed by atoms with Crippen molar-refractivity contribution in [2.75, 3.05) is 6.61 Å². The minimum absolute atomic E-state index is 0.546. The normalized spacial score (nSPS) is 13.1. The van der Waals surface area contributed by atoms with Crippen LogP contribution in [0.4, 0.5) is 0 Å². The van der Waals surface area contributed by atoms with E-state index in [1.54, 1.807) is 24.8 Å². The van der Waals surface area contributed by atoms with Crippen LogP contribution in [0.25, 0.3) is 11.3 Å². The van der Waals surface area contributed by atoms with Gasteiger partial charge in [0.25, 0.3) is 0 Å². The zero-order valence-electron chi connectivity index (χ0n) is 26.0. The van der Waals surface area contributed by atoms with Gasteiger partial charge in [-0.2, -0.15) is 0 Å². The molecule has 2 aromatic carbocycles. The molecule has 238 valence electrons. The van der Waals surface area contributed by atoms with Gasteiger partial charge in [-0.25, -0.2) is 9.97 Å². The van der Waals surface area contributed by atoms with Gasteiger partial charge in [0.2, 0.25) is 0 Å². The zero-order chi connectivity index (χ0) is 33.4. The van der Waals surface area contributed by atoms with Crippen LogP contribution in [0.3, 0.4) is 0 Å². The van der Waals surface area contributed by atoms with Gasteiger partial charge in [0, 0.05) is 12.2 Å². The van der Waals surface area contributed by atoms with Crippen molar-refractivity contribution in [2.24, 2.45) is 0 Å². The Morgan fingerprint density at radius 1 is 0.705 bits per heavy atom. The molecule has 4 N–H and O–H groups in total. The maximum Gasteiger partial charge on any atom is 0.488 e. The van der Waals surface area contributed by atoms with Crippen molar-refractivity contribution in [3.63, 3.8) is 0 Å². The first-order chi connectivity index (χ1) is 20.8. The maximum absolute atomic E-state index is 9.03. The third kappa shape index (κ3) is 14.3. The van der Waals surface area contributed by atoms with Gasteiger partial charge in [0.1, 0.15) is 13.8 Å². The van der Waals surface area contributed by atoms with E-state index in [0.717, 1.165) is 42.8 Å². The Hall–Kier alpha value is -2.10. The van der Waals surface area contributed by atoms with Crippen molar-refractivity contribution < 1.29 is 25.3 Å². The van der Waals surface area contributed by atoms with E-state index in [9.17, 15) is 0 Å². The summed E-state index contributed by atoms with van der Waals surface area (Å²) in [6, 6.07) is 8.24. The highest BCUT2D eigenvalue weighted by atomic mass is 79.9. The molecule has 3 heterocycles. The van der Waals surface area contributed by atoms with E-state index in [0.29, 0.717) is 11.6 Å². The van der Waals surface area contributed by atoms with Crippen molar-refractivity contribution in [2.45, 2.75) is 67.4 Å². The van der Waals surface area contributed by atoms with Crippen LogP contribution in [0.2, 0.25) is 0 Å². The summed E-state index contributed by atoms with van der Waals surface area (Å²) in [4.78, 5) is 16.4. The number of aryl methyl sites for hydroxylation is 6. The minimum atomic E-state index is -1.36.